The van der Waals surface area contributed by atoms with Crippen LogP contribution in [0.4, 0.5) is 0 Å². The van der Waals surface area contributed by atoms with Gasteiger partial charge in [0.25, 0.3) is 0 Å². The first-order valence-corrected chi connectivity index (χ1v) is 10.7. The molecule has 5 fully saturated rings. The van der Waals surface area contributed by atoms with Gasteiger partial charge in [-0.2, -0.15) is 11.8 Å². The summed E-state index contributed by atoms with van der Waals surface area (Å²) in [6.07, 6.45) is 15.6. The molecule has 0 aromatic heterocycles. The summed E-state index contributed by atoms with van der Waals surface area (Å²) in [6.45, 7) is 5.42. The molecule has 118 valence electrons. The molecule has 0 bridgehead atoms. The summed E-state index contributed by atoms with van der Waals surface area (Å²) >= 11 is 2.32. The number of thioether (sulfide) groups is 1. The van der Waals surface area contributed by atoms with E-state index in [9.17, 15) is 0 Å². The van der Waals surface area contributed by atoms with E-state index >= 15 is 0 Å². The summed E-state index contributed by atoms with van der Waals surface area (Å²) < 4.78 is 0.757. The lowest BCUT2D eigenvalue weighted by molar-refractivity contribution is -0.105. The van der Waals surface area contributed by atoms with Gasteiger partial charge in [-0.3, -0.25) is 0 Å². The lowest BCUT2D eigenvalue weighted by Gasteiger charge is -2.60. The predicted octanol–water partition coefficient (Wildman–Crippen LogP) is 5.90. The summed E-state index contributed by atoms with van der Waals surface area (Å²) in [6, 6.07) is 0. The van der Waals surface area contributed by atoms with Gasteiger partial charge in [-0.15, -0.1) is 0 Å². The molecule has 21 heavy (non-hydrogen) atoms. The average molecular weight is 305 g/mol. The summed E-state index contributed by atoms with van der Waals surface area (Å²) in [5.41, 5.74) is 1.45. The standard InChI is InChI=1S/C20H32S/c1-18-10-4-3-5-14(18)6-7-15-16(18)8-11-19(2)17(15)9-12-20(19)13-21-20/h14-17H,3-13H2,1-2H3/t14?,15?,16?,17?,18-,19-,20+/m0/s1. The van der Waals surface area contributed by atoms with Crippen LogP contribution < -0.4 is 0 Å². The Morgan fingerprint density at radius 1 is 0.810 bits per heavy atom. The van der Waals surface area contributed by atoms with Gasteiger partial charge in [0.15, 0.2) is 0 Å². The molecule has 4 unspecified atom stereocenters. The third-order valence-corrected chi connectivity index (χ3v) is 11.0. The first kappa shape index (κ1) is 13.8. The molecule has 0 aromatic carbocycles. The molecular formula is C20H32S. The Morgan fingerprint density at radius 2 is 1.62 bits per heavy atom. The number of hydrogen-bond donors (Lipinski definition) is 0. The van der Waals surface area contributed by atoms with Gasteiger partial charge in [0.05, 0.1) is 0 Å². The zero-order valence-corrected chi connectivity index (χ0v) is 14.8. The highest BCUT2D eigenvalue weighted by Crippen LogP contribution is 2.75. The molecule has 0 N–H and O–H groups in total. The molecule has 0 aromatic rings. The first-order valence-electron chi connectivity index (χ1n) is 9.73. The Labute approximate surface area is 135 Å². The maximum absolute atomic E-state index is 2.72. The van der Waals surface area contributed by atoms with Crippen LogP contribution in [-0.4, -0.2) is 10.5 Å². The number of fused-ring (bicyclic) bond motifs is 6. The zero-order chi connectivity index (χ0) is 14.3. The van der Waals surface area contributed by atoms with Gasteiger partial charge < -0.3 is 0 Å². The molecule has 1 saturated heterocycles. The lowest BCUT2D eigenvalue weighted by atomic mass is 9.45. The normalized spacial score (nSPS) is 62.0. The Balaban J connectivity index is 1.48. The number of hydrogen-bond acceptors (Lipinski definition) is 1. The zero-order valence-electron chi connectivity index (χ0n) is 14.0. The van der Waals surface area contributed by atoms with Crippen LogP contribution in [0.25, 0.3) is 0 Å². The van der Waals surface area contributed by atoms with Crippen molar-refractivity contribution in [3.05, 3.63) is 0 Å². The van der Waals surface area contributed by atoms with E-state index in [1.54, 1.807) is 51.4 Å². The summed E-state index contributed by atoms with van der Waals surface area (Å²) in [7, 11) is 0. The van der Waals surface area contributed by atoms with Gasteiger partial charge in [-0.05, 0) is 85.9 Å². The summed E-state index contributed by atoms with van der Waals surface area (Å²) in [5, 5.41) is 0. The van der Waals surface area contributed by atoms with E-state index in [-0.39, 0.29) is 0 Å². The molecule has 4 saturated carbocycles. The summed E-state index contributed by atoms with van der Waals surface area (Å²) in [5.74, 6) is 5.86. The highest BCUT2D eigenvalue weighted by atomic mass is 32.2. The van der Waals surface area contributed by atoms with Crippen molar-refractivity contribution in [1.82, 2.24) is 0 Å². The monoisotopic (exact) mass is 304 g/mol. The van der Waals surface area contributed by atoms with Crippen molar-refractivity contribution in [2.24, 2.45) is 34.5 Å². The van der Waals surface area contributed by atoms with Crippen molar-refractivity contribution in [3.8, 4) is 0 Å². The Bertz CT molecular complexity index is 453. The quantitative estimate of drug-likeness (QED) is 0.502. The lowest BCUT2D eigenvalue weighted by Crippen LogP contribution is -2.53. The van der Waals surface area contributed by atoms with Gasteiger partial charge in [-0.25, -0.2) is 0 Å². The van der Waals surface area contributed by atoms with E-state index in [1.165, 1.54) is 18.6 Å². The van der Waals surface area contributed by atoms with Crippen LogP contribution in [0.15, 0.2) is 0 Å². The SMILES string of the molecule is C[C@]12CCCCC1CCC1C2CC[C@@]2(C)C1CC[C@@]21CS1. The van der Waals surface area contributed by atoms with Crippen LogP contribution in [0, 0.1) is 34.5 Å². The fourth-order valence-electron chi connectivity index (χ4n) is 7.95. The van der Waals surface area contributed by atoms with Gasteiger partial charge in [0, 0.05) is 10.5 Å². The van der Waals surface area contributed by atoms with Crippen molar-refractivity contribution < 1.29 is 0 Å². The maximum atomic E-state index is 2.72. The first-order chi connectivity index (χ1) is 10.1. The third-order valence-electron chi connectivity index (χ3n) is 9.37. The largest absolute Gasteiger partial charge is 0.152 e. The minimum Gasteiger partial charge on any atom is -0.152 e. The van der Waals surface area contributed by atoms with Gasteiger partial charge in [0.2, 0.25) is 0 Å². The molecule has 1 spiro atoms. The Hall–Kier alpha value is 0.350. The van der Waals surface area contributed by atoms with Gasteiger partial charge in [0.1, 0.15) is 0 Å². The van der Waals surface area contributed by atoms with E-state index in [2.05, 4.69) is 25.6 Å². The molecule has 1 heteroatoms. The van der Waals surface area contributed by atoms with E-state index < -0.39 is 0 Å². The molecule has 1 heterocycles. The fraction of sp³-hybridized carbons (Fsp3) is 1.00. The molecule has 0 nitrogen and oxygen atoms in total. The maximum Gasteiger partial charge on any atom is 0.0307 e. The second-order valence-corrected chi connectivity index (χ2v) is 11.0. The van der Waals surface area contributed by atoms with Crippen LogP contribution in [0.2, 0.25) is 0 Å². The number of rotatable bonds is 0. The van der Waals surface area contributed by atoms with E-state index in [1.807, 2.05) is 0 Å². The molecule has 7 atom stereocenters. The van der Waals surface area contributed by atoms with Crippen molar-refractivity contribution in [1.29, 1.82) is 0 Å². The van der Waals surface area contributed by atoms with E-state index in [4.69, 9.17) is 0 Å². The minimum absolute atomic E-state index is 0.719. The molecule has 0 amide bonds. The smallest absolute Gasteiger partial charge is 0.0307 e. The molecule has 4 aliphatic carbocycles. The van der Waals surface area contributed by atoms with Crippen LogP contribution in [-0.2, 0) is 0 Å². The van der Waals surface area contributed by atoms with Crippen molar-refractivity contribution >= 4 is 11.8 Å². The molecule has 0 radical (unpaired) electrons. The second-order valence-electron chi connectivity index (χ2n) is 9.68. The van der Waals surface area contributed by atoms with Crippen molar-refractivity contribution in [2.75, 3.05) is 5.75 Å². The Kier molecular flexibility index (Phi) is 2.78. The third kappa shape index (κ3) is 1.60. The van der Waals surface area contributed by atoms with Crippen LogP contribution in [0.3, 0.4) is 0 Å². The van der Waals surface area contributed by atoms with Gasteiger partial charge in [-0.1, -0.05) is 26.7 Å². The highest BCUT2D eigenvalue weighted by molar-refractivity contribution is 8.08. The topological polar surface area (TPSA) is 0 Å². The summed E-state index contributed by atoms with van der Waals surface area (Å²) in [4.78, 5) is 0. The van der Waals surface area contributed by atoms with Crippen LogP contribution in [0.5, 0.6) is 0 Å². The second kappa shape index (κ2) is 4.25. The minimum atomic E-state index is 0.719. The Morgan fingerprint density at radius 3 is 2.43 bits per heavy atom. The molecular weight excluding hydrogens is 272 g/mol. The molecule has 5 rings (SSSR count). The predicted molar refractivity (Wildman–Crippen MR) is 91.5 cm³/mol. The van der Waals surface area contributed by atoms with Crippen molar-refractivity contribution in [3.63, 3.8) is 0 Å². The van der Waals surface area contributed by atoms with E-state index in [0.717, 1.165) is 39.2 Å². The van der Waals surface area contributed by atoms with Gasteiger partial charge >= 0.3 is 0 Å². The fourth-order valence-corrected chi connectivity index (χ4v) is 9.44. The van der Waals surface area contributed by atoms with Crippen LogP contribution >= 0.6 is 11.8 Å². The average Bonchev–Trinajstić information content (AvgIpc) is 3.20. The van der Waals surface area contributed by atoms with Crippen molar-refractivity contribution in [2.45, 2.75) is 82.8 Å². The molecule has 5 aliphatic rings. The highest BCUT2D eigenvalue weighted by Gasteiger charge is 2.68. The molecule has 1 aliphatic heterocycles. The van der Waals surface area contributed by atoms with E-state index in [0.29, 0.717) is 0 Å². The van der Waals surface area contributed by atoms with Crippen LogP contribution in [0.1, 0.15) is 78.1 Å².